The second-order valence-corrected chi connectivity index (χ2v) is 5.09. The second kappa shape index (κ2) is 4.07. The fourth-order valence-electron chi connectivity index (χ4n) is 1.06. The highest BCUT2D eigenvalue weighted by atomic mass is 32.2. The molecule has 68 valence electrons. The third-order valence-corrected chi connectivity index (χ3v) is 3.11. The minimum absolute atomic E-state index is 0.359. The Morgan fingerprint density at radius 2 is 1.82 bits per heavy atom. The lowest BCUT2D eigenvalue weighted by molar-refractivity contribution is 0.518. The highest BCUT2D eigenvalue weighted by molar-refractivity contribution is 7.89. The number of hydrogen-bond acceptors (Lipinski definition) is 2. The second-order valence-electron chi connectivity index (χ2n) is 3.25. The maximum Gasteiger partial charge on any atom is 0.211 e. The van der Waals surface area contributed by atoms with E-state index in [0.29, 0.717) is 18.8 Å². The van der Waals surface area contributed by atoms with Crippen molar-refractivity contribution in [3.05, 3.63) is 0 Å². The number of sulfonamides is 1. The average Bonchev–Trinajstić information content (AvgIpc) is 1.79. The van der Waals surface area contributed by atoms with E-state index in [0.717, 1.165) is 0 Å². The van der Waals surface area contributed by atoms with Crippen LogP contribution in [0.5, 0.6) is 0 Å². The summed E-state index contributed by atoms with van der Waals surface area (Å²) in [4.78, 5) is 0. The van der Waals surface area contributed by atoms with Gasteiger partial charge in [-0.3, -0.25) is 0 Å². The molecule has 0 radical (unpaired) electrons. The molecule has 0 aliphatic rings. The minimum Gasteiger partial charge on any atom is -0.228 e. The van der Waals surface area contributed by atoms with Crippen LogP contribution in [0.15, 0.2) is 0 Å². The normalized spacial score (nSPS) is 15.4. The van der Waals surface area contributed by atoms with Crippen LogP contribution in [-0.4, -0.2) is 13.7 Å². The van der Waals surface area contributed by atoms with E-state index in [1.807, 2.05) is 20.8 Å². The van der Waals surface area contributed by atoms with Crippen LogP contribution in [0, 0.1) is 5.92 Å². The highest BCUT2D eigenvalue weighted by Gasteiger charge is 2.19. The Bertz CT molecular complexity index is 196. The molecule has 0 bridgehead atoms. The maximum absolute atomic E-state index is 10.9. The lowest BCUT2D eigenvalue weighted by atomic mass is 10.1. The van der Waals surface area contributed by atoms with Gasteiger partial charge in [0.25, 0.3) is 0 Å². The van der Waals surface area contributed by atoms with Crippen molar-refractivity contribution < 1.29 is 8.42 Å². The summed E-state index contributed by atoms with van der Waals surface area (Å²) in [5, 5.41) is 4.65. The van der Waals surface area contributed by atoms with Gasteiger partial charge in [-0.1, -0.05) is 20.8 Å². The third-order valence-electron chi connectivity index (χ3n) is 1.65. The van der Waals surface area contributed by atoms with E-state index in [-0.39, 0.29) is 5.25 Å². The predicted octanol–water partition coefficient (Wildman–Crippen LogP) is 1.10. The van der Waals surface area contributed by atoms with Crippen LogP contribution in [0.2, 0.25) is 0 Å². The Morgan fingerprint density at radius 1 is 1.36 bits per heavy atom. The van der Waals surface area contributed by atoms with Gasteiger partial charge in [-0.05, 0) is 18.8 Å². The Labute approximate surface area is 69.0 Å². The molecular formula is C7H17NO2S. The number of rotatable bonds is 4. The van der Waals surface area contributed by atoms with Crippen LogP contribution in [0.4, 0.5) is 0 Å². The Kier molecular flexibility index (Phi) is 4.03. The molecule has 3 nitrogen and oxygen atoms in total. The van der Waals surface area contributed by atoms with Crippen LogP contribution in [-0.2, 0) is 10.0 Å². The van der Waals surface area contributed by atoms with Crippen molar-refractivity contribution in [2.75, 3.05) is 0 Å². The van der Waals surface area contributed by atoms with Crippen LogP contribution in [0.1, 0.15) is 33.6 Å². The van der Waals surface area contributed by atoms with Crippen molar-refractivity contribution in [3.63, 3.8) is 0 Å². The monoisotopic (exact) mass is 179 g/mol. The summed E-state index contributed by atoms with van der Waals surface area (Å²) >= 11 is 0. The number of primary sulfonamides is 1. The van der Waals surface area contributed by atoms with Gasteiger partial charge in [0, 0.05) is 0 Å². The summed E-state index contributed by atoms with van der Waals surface area (Å²) in [6.07, 6.45) is 1.27. The zero-order valence-corrected chi connectivity index (χ0v) is 8.19. The first-order valence-corrected chi connectivity index (χ1v) is 5.50. The van der Waals surface area contributed by atoms with Gasteiger partial charge in [0.1, 0.15) is 0 Å². The molecule has 0 aromatic heterocycles. The molecule has 1 unspecified atom stereocenters. The Hall–Kier alpha value is -0.0900. The molecule has 4 heteroatoms. The average molecular weight is 179 g/mol. The Balaban J connectivity index is 4.20. The van der Waals surface area contributed by atoms with Crippen LogP contribution in [0.25, 0.3) is 0 Å². The lowest BCUT2D eigenvalue weighted by Gasteiger charge is -2.13. The molecule has 0 fully saturated rings. The maximum atomic E-state index is 10.9. The molecule has 0 heterocycles. The standard InChI is InChI=1S/C7H17NO2S/c1-4-7(5-6(2)3)11(8,9)10/h6-7H,4-5H2,1-3H3,(H2,8,9,10). The summed E-state index contributed by atoms with van der Waals surface area (Å²) in [5.41, 5.74) is 0. The van der Waals surface area contributed by atoms with Crippen molar-refractivity contribution in [2.24, 2.45) is 11.1 Å². The zero-order chi connectivity index (χ0) is 9.07. The van der Waals surface area contributed by atoms with Gasteiger partial charge in [-0.2, -0.15) is 0 Å². The topological polar surface area (TPSA) is 60.2 Å². The molecule has 0 aliphatic carbocycles. The zero-order valence-electron chi connectivity index (χ0n) is 7.37. The van der Waals surface area contributed by atoms with E-state index in [1.165, 1.54) is 0 Å². The van der Waals surface area contributed by atoms with Crippen molar-refractivity contribution in [2.45, 2.75) is 38.9 Å². The molecule has 2 N–H and O–H groups in total. The van der Waals surface area contributed by atoms with E-state index in [1.54, 1.807) is 0 Å². The van der Waals surface area contributed by atoms with Crippen LogP contribution < -0.4 is 5.14 Å². The fourth-order valence-corrected chi connectivity index (χ4v) is 2.18. The molecule has 0 aromatic rings. The summed E-state index contributed by atoms with van der Waals surface area (Å²) < 4.78 is 21.8. The summed E-state index contributed by atoms with van der Waals surface area (Å²) in [6, 6.07) is 0. The van der Waals surface area contributed by atoms with Gasteiger partial charge in [0.15, 0.2) is 0 Å². The van der Waals surface area contributed by atoms with Gasteiger partial charge in [0.2, 0.25) is 10.0 Å². The molecule has 0 aliphatic heterocycles. The minimum atomic E-state index is -3.31. The first-order valence-electron chi connectivity index (χ1n) is 3.89. The van der Waals surface area contributed by atoms with E-state index in [2.05, 4.69) is 0 Å². The largest absolute Gasteiger partial charge is 0.228 e. The Morgan fingerprint density at radius 3 is 1.91 bits per heavy atom. The molecular weight excluding hydrogens is 162 g/mol. The molecule has 0 rings (SSSR count). The summed E-state index contributed by atoms with van der Waals surface area (Å²) in [6.45, 7) is 5.83. The molecule has 0 aromatic carbocycles. The number of nitrogens with two attached hydrogens (primary N) is 1. The van der Waals surface area contributed by atoms with Gasteiger partial charge >= 0.3 is 0 Å². The third kappa shape index (κ3) is 4.37. The highest BCUT2D eigenvalue weighted by Crippen LogP contribution is 2.13. The smallest absolute Gasteiger partial charge is 0.211 e. The molecule has 0 amide bonds. The van der Waals surface area contributed by atoms with E-state index in [9.17, 15) is 8.42 Å². The van der Waals surface area contributed by atoms with E-state index < -0.39 is 10.0 Å². The van der Waals surface area contributed by atoms with E-state index in [4.69, 9.17) is 5.14 Å². The molecule has 0 saturated carbocycles. The molecule has 0 saturated heterocycles. The van der Waals surface area contributed by atoms with E-state index >= 15 is 0 Å². The van der Waals surface area contributed by atoms with Gasteiger partial charge < -0.3 is 0 Å². The van der Waals surface area contributed by atoms with Crippen molar-refractivity contribution in [1.29, 1.82) is 0 Å². The molecule has 0 spiro atoms. The van der Waals surface area contributed by atoms with Crippen molar-refractivity contribution in [3.8, 4) is 0 Å². The first kappa shape index (κ1) is 10.9. The van der Waals surface area contributed by atoms with Gasteiger partial charge in [-0.15, -0.1) is 0 Å². The molecule has 1 atom stereocenters. The summed E-state index contributed by atoms with van der Waals surface area (Å²) in [7, 11) is -3.31. The SMILES string of the molecule is CCC(CC(C)C)S(N)(=O)=O. The van der Waals surface area contributed by atoms with Crippen LogP contribution >= 0.6 is 0 Å². The predicted molar refractivity (Wildman–Crippen MR) is 46.6 cm³/mol. The lowest BCUT2D eigenvalue weighted by Crippen LogP contribution is -2.29. The van der Waals surface area contributed by atoms with Crippen molar-refractivity contribution in [1.82, 2.24) is 0 Å². The number of hydrogen-bond donors (Lipinski definition) is 1. The first-order chi connectivity index (χ1) is 4.88. The fraction of sp³-hybridized carbons (Fsp3) is 1.00. The van der Waals surface area contributed by atoms with Gasteiger partial charge in [0.05, 0.1) is 5.25 Å². The van der Waals surface area contributed by atoms with Crippen molar-refractivity contribution >= 4 is 10.0 Å². The van der Waals surface area contributed by atoms with Crippen LogP contribution in [0.3, 0.4) is 0 Å². The molecule has 11 heavy (non-hydrogen) atoms. The van der Waals surface area contributed by atoms with Gasteiger partial charge in [-0.25, -0.2) is 13.6 Å². The summed E-state index contributed by atoms with van der Waals surface area (Å²) in [5.74, 6) is 0.387. The quantitative estimate of drug-likeness (QED) is 0.702.